The minimum atomic E-state index is -4.31. The molecular weight excluding hydrogens is 307 g/mol. The maximum atomic E-state index is 12.7. The van der Waals surface area contributed by atoms with Crippen LogP contribution in [-0.2, 0) is 6.18 Å². The fourth-order valence-electron chi connectivity index (χ4n) is 2.03. The van der Waals surface area contributed by atoms with Gasteiger partial charge >= 0.3 is 6.18 Å². The topological polar surface area (TPSA) is 12.0 Å². The van der Waals surface area contributed by atoms with Crippen molar-refractivity contribution in [2.75, 3.05) is 5.32 Å². The lowest BCUT2D eigenvalue weighted by Crippen LogP contribution is -2.16. The van der Waals surface area contributed by atoms with Crippen LogP contribution >= 0.6 is 15.9 Å². The van der Waals surface area contributed by atoms with E-state index in [1.807, 2.05) is 6.92 Å². The summed E-state index contributed by atoms with van der Waals surface area (Å²) < 4.78 is 38.4. The summed E-state index contributed by atoms with van der Waals surface area (Å²) in [5, 5.41) is 3.14. The quantitative estimate of drug-likeness (QED) is 0.816. The van der Waals surface area contributed by atoms with E-state index in [-0.39, 0.29) is 6.04 Å². The maximum Gasteiger partial charge on any atom is 0.416 e. The highest BCUT2D eigenvalue weighted by molar-refractivity contribution is 9.10. The lowest BCUT2D eigenvalue weighted by atomic mass is 10.1. The summed E-state index contributed by atoms with van der Waals surface area (Å²) in [6.45, 7) is 2.01. The van der Waals surface area contributed by atoms with Crippen LogP contribution in [0.2, 0.25) is 0 Å². The van der Waals surface area contributed by atoms with Crippen LogP contribution in [0.3, 0.4) is 0 Å². The normalized spacial score (nSPS) is 17.6. The zero-order valence-electron chi connectivity index (χ0n) is 10.0. The Kier molecular flexibility index (Phi) is 3.90. The molecule has 1 aromatic rings. The molecule has 2 rings (SSSR count). The molecule has 1 N–H and O–H groups in total. The average molecular weight is 322 g/mol. The SMILES string of the molecule is CC(CC1CC1)Nc1cc(Br)cc(C(F)(F)F)c1. The molecule has 0 bridgehead atoms. The minimum absolute atomic E-state index is 0.202. The summed E-state index contributed by atoms with van der Waals surface area (Å²) in [5.74, 6) is 0.752. The van der Waals surface area contributed by atoms with Crippen LogP contribution in [0.5, 0.6) is 0 Å². The number of hydrogen-bond acceptors (Lipinski definition) is 1. The molecule has 1 unspecified atom stereocenters. The van der Waals surface area contributed by atoms with Gasteiger partial charge in [0.1, 0.15) is 0 Å². The summed E-state index contributed by atoms with van der Waals surface area (Å²) >= 11 is 3.12. The monoisotopic (exact) mass is 321 g/mol. The first-order chi connectivity index (χ1) is 8.34. The van der Waals surface area contributed by atoms with Gasteiger partial charge in [0.2, 0.25) is 0 Å². The van der Waals surface area contributed by atoms with E-state index < -0.39 is 11.7 Å². The molecule has 1 aromatic carbocycles. The Morgan fingerprint density at radius 2 is 2.00 bits per heavy atom. The van der Waals surface area contributed by atoms with Crippen molar-refractivity contribution in [1.29, 1.82) is 0 Å². The number of nitrogens with one attached hydrogen (secondary N) is 1. The van der Waals surface area contributed by atoms with Crippen molar-refractivity contribution < 1.29 is 13.2 Å². The van der Waals surface area contributed by atoms with Crippen molar-refractivity contribution >= 4 is 21.6 Å². The third-order valence-corrected chi connectivity index (χ3v) is 3.48. The first-order valence-electron chi connectivity index (χ1n) is 5.99. The zero-order chi connectivity index (χ0) is 13.3. The fraction of sp³-hybridized carbons (Fsp3) is 0.538. The smallest absolute Gasteiger partial charge is 0.383 e. The number of halogens is 4. The first-order valence-corrected chi connectivity index (χ1v) is 6.78. The summed E-state index contributed by atoms with van der Waals surface area (Å²) in [4.78, 5) is 0. The standard InChI is InChI=1S/C13H15BrF3N/c1-8(4-9-2-3-9)18-12-6-10(13(15,16)17)5-11(14)7-12/h5-9,18H,2-4H2,1H3. The number of rotatable bonds is 4. The molecule has 0 aliphatic heterocycles. The number of anilines is 1. The Hall–Kier alpha value is -0.710. The number of benzene rings is 1. The van der Waals surface area contributed by atoms with E-state index in [2.05, 4.69) is 21.2 Å². The van der Waals surface area contributed by atoms with Crippen molar-refractivity contribution in [1.82, 2.24) is 0 Å². The predicted octanol–water partition coefficient (Wildman–Crippen LogP) is 5.07. The first kappa shape index (κ1) is 13.7. The highest BCUT2D eigenvalue weighted by Crippen LogP contribution is 2.36. The van der Waals surface area contributed by atoms with E-state index in [9.17, 15) is 13.2 Å². The lowest BCUT2D eigenvalue weighted by Gasteiger charge is -2.17. The van der Waals surface area contributed by atoms with Gasteiger partial charge in [-0.05, 0) is 37.5 Å². The second-order valence-electron chi connectivity index (χ2n) is 4.95. The van der Waals surface area contributed by atoms with Crippen LogP contribution in [0.1, 0.15) is 31.7 Å². The van der Waals surface area contributed by atoms with Gasteiger partial charge in [-0.1, -0.05) is 28.8 Å². The molecule has 1 fully saturated rings. The van der Waals surface area contributed by atoms with Gasteiger partial charge in [0.05, 0.1) is 5.56 Å². The molecule has 100 valence electrons. The number of hydrogen-bond donors (Lipinski definition) is 1. The van der Waals surface area contributed by atoms with Gasteiger partial charge in [0.25, 0.3) is 0 Å². The average Bonchev–Trinajstić information content (AvgIpc) is 2.98. The van der Waals surface area contributed by atoms with Crippen molar-refractivity contribution in [3.8, 4) is 0 Å². The molecule has 1 nitrogen and oxygen atoms in total. The van der Waals surface area contributed by atoms with Crippen LogP contribution < -0.4 is 5.32 Å². The number of alkyl halides is 3. The van der Waals surface area contributed by atoms with Gasteiger partial charge in [0, 0.05) is 16.2 Å². The van der Waals surface area contributed by atoms with Gasteiger partial charge in [-0.2, -0.15) is 13.2 Å². The molecule has 5 heteroatoms. The van der Waals surface area contributed by atoms with E-state index in [4.69, 9.17) is 0 Å². The molecule has 1 atom stereocenters. The van der Waals surface area contributed by atoms with E-state index in [0.717, 1.165) is 24.5 Å². The lowest BCUT2D eigenvalue weighted by molar-refractivity contribution is -0.137. The minimum Gasteiger partial charge on any atom is -0.383 e. The van der Waals surface area contributed by atoms with Crippen molar-refractivity contribution in [3.05, 3.63) is 28.2 Å². The highest BCUT2D eigenvalue weighted by Gasteiger charge is 2.31. The Balaban J connectivity index is 2.09. The molecule has 0 aromatic heterocycles. The second-order valence-corrected chi connectivity index (χ2v) is 5.87. The third-order valence-electron chi connectivity index (χ3n) is 3.02. The van der Waals surface area contributed by atoms with Gasteiger partial charge < -0.3 is 5.32 Å². The van der Waals surface area contributed by atoms with Crippen molar-refractivity contribution in [3.63, 3.8) is 0 Å². The van der Waals surface area contributed by atoms with Crippen LogP contribution in [-0.4, -0.2) is 6.04 Å². The summed E-state index contributed by atoms with van der Waals surface area (Å²) in [7, 11) is 0. The van der Waals surface area contributed by atoms with Crippen LogP contribution in [0.25, 0.3) is 0 Å². The molecule has 18 heavy (non-hydrogen) atoms. The molecule has 0 amide bonds. The van der Waals surface area contributed by atoms with Gasteiger partial charge in [-0.25, -0.2) is 0 Å². The van der Waals surface area contributed by atoms with Crippen LogP contribution in [0, 0.1) is 5.92 Å². The van der Waals surface area contributed by atoms with E-state index in [0.29, 0.717) is 10.2 Å². The van der Waals surface area contributed by atoms with Gasteiger partial charge in [0.15, 0.2) is 0 Å². The highest BCUT2D eigenvalue weighted by atomic mass is 79.9. The Bertz CT molecular complexity index is 427. The summed E-state index contributed by atoms with van der Waals surface area (Å²) in [6.07, 6.45) is -0.787. The Morgan fingerprint density at radius 1 is 1.33 bits per heavy atom. The molecule has 0 saturated heterocycles. The molecule has 1 saturated carbocycles. The van der Waals surface area contributed by atoms with E-state index in [1.54, 1.807) is 6.07 Å². The molecule has 1 aliphatic rings. The third kappa shape index (κ3) is 3.90. The second kappa shape index (κ2) is 5.11. The van der Waals surface area contributed by atoms with Gasteiger partial charge in [-0.3, -0.25) is 0 Å². The van der Waals surface area contributed by atoms with E-state index >= 15 is 0 Å². The molecule has 0 heterocycles. The van der Waals surface area contributed by atoms with Gasteiger partial charge in [-0.15, -0.1) is 0 Å². The maximum absolute atomic E-state index is 12.7. The van der Waals surface area contributed by atoms with Crippen molar-refractivity contribution in [2.45, 2.75) is 38.4 Å². The van der Waals surface area contributed by atoms with Crippen LogP contribution in [0.15, 0.2) is 22.7 Å². The summed E-state index contributed by atoms with van der Waals surface area (Å²) in [6, 6.07) is 4.14. The van der Waals surface area contributed by atoms with E-state index in [1.165, 1.54) is 12.8 Å². The largest absolute Gasteiger partial charge is 0.416 e. The predicted molar refractivity (Wildman–Crippen MR) is 69.6 cm³/mol. The van der Waals surface area contributed by atoms with Crippen molar-refractivity contribution in [2.24, 2.45) is 5.92 Å². The molecular formula is C13H15BrF3N. The molecule has 0 radical (unpaired) electrons. The Morgan fingerprint density at radius 3 is 2.56 bits per heavy atom. The Labute approximate surface area is 113 Å². The molecule has 1 aliphatic carbocycles. The fourth-order valence-corrected chi connectivity index (χ4v) is 2.53. The summed E-state index contributed by atoms with van der Waals surface area (Å²) in [5.41, 5.74) is -0.108. The molecule has 0 spiro atoms. The zero-order valence-corrected chi connectivity index (χ0v) is 11.6. The van der Waals surface area contributed by atoms with Crippen LogP contribution in [0.4, 0.5) is 18.9 Å².